The molecule has 3 heteroatoms. The van der Waals surface area contributed by atoms with Crippen molar-refractivity contribution in [1.82, 2.24) is 5.32 Å². The van der Waals surface area contributed by atoms with Gasteiger partial charge in [0.15, 0.2) is 0 Å². The Morgan fingerprint density at radius 3 is 1.32 bits per heavy atom. The summed E-state index contributed by atoms with van der Waals surface area (Å²) in [6.45, 7) is 2.25. The normalized spacial score (nSPS) is 10.5. The second kappa shape index (κ2) is 17.3. The second-order valence-electron chi connectivity index (χ2n) is 5.20. The Hall–Kier alpha value is -0.700. The topological polar surface area (TPSA) is 46.2 Å². The van der Waals surface area contributed by atoms with Crippen LogP contribution in [0.4, 0.5) is 0 Å². The number of hydrogen-bond acceptors (Lipinski definition) is 3. The molecule has 0 aliphatic heterocycles. The van der Waals surface area contributed by atoms with E-state index in [9.17, 15) is 9.59 Å². The summed E-state index contributed by atoms with van der Waals surface area (Å²) in [6.07, 6.45) is 15.5. The van der Waals surface area contributed by atoms with E-state index >= 15 is 0 Å². The van der Waals surface area contributed by atoms with Crippen molar-refractivity contribution in [3.05, 3.63) is 0 Å². The van der Waals surface area contributed by atoms with E-state index in [2.05, 4.69) is 5.32 Å². The Bertz CT molecular complexity index is 175. The van der Waals surface area contributed by atoms with Crippen molar-refractivity contribution in [2.24, 2.45) is 0 Å². The van der Waals surface area contributed by atoms with Gasteiger partial charge >= 0.3 is 0 Å². The summed E-state index contributed by atoms with van der Waals surface area (Å²) >= 11 is 0. The van der Waals surface area contributed by atoms with E-state index < -0.39 is 0 Å². The van der Waals surface area contributed by atoms with Crippen LogP contribution in [0.5, 0.6) is 0 Å². The van der Waals surface area contributed by atoms with Crippen molar-refractivity contribution in [1.29, 1.82) is 0 Å². The first kappa shape index (κ1) is 18.3. The predicted octanol–water partition coefficient (Wildman–Crippen LogP) is 3.66. The SMILES string of the molecule is O=CCCCCCCCNCCCCCCCC=O. The molecule has 0 unspecified atom stereocenters. The quantitative estimate of drug-likeness (QED) is 0.343. The van der Waals surface area contributed by atoms with Gasteiger partial charge in [-0.1, -0.05) is 38.5 Å². The van der Waals surface area contributed by atoms with Crippen molar-refractivity contribution in [3.8, 4) is 0 Å². The van der Waals surface area contributed by atoms with E-state index in [0.717, 1.165) is 51.3 Å². The van der Waals surface area contributed by atoms with Gasteiger partial charge in [0.05, 0.1) is 0 Å². The first-order chi connectivity index (χ1) is 9.41. The molecule has 0 saturated heterocycles. The highest BCUT2D eigenvalue weighted by molar-refractivity contribution is 5.49. The van der Waals surface area contributed by atoms with Crippen LogP contribution in [0.2, 0.25) is 0 Å². The van der Waals surface area contributed by atoms with E-state index in [1.54, 1.807) is 0 Å². The van der Waals surface area contributed by atoms with Gasteiger partial charge in [-0.05, 0) is 38.8 Å². The lowest BCUT2D eigenvalue weighted by molar-refractivity contribution is -0.108. The zero-order valence-electron chi connectivity index (χ0n) is 12.4. The summed E-state index contributed by atoms with van der Waals surface area (Å²) in [4.78, 5) is 20.2. The Morgan fingerprint density at radius 1 is 0.526 bits per heavy atom. The zero-order valence-corrected chi connectivity index (χ0v) is 12.4. The molecule has 0 rings (SSSR count). The van der Waals surface area contributed by atoms with Gasteiger partial charge in [-0.15, -0.1) is 0 Å². The van der Waals surface area contributed by atoms with E-state index in [4.69, 9.17) is 0 Å². The van der Waals surface area contributed by atoms with Crippen LogP contribution in [0, 0.1) is 0 Å². The van der Waals surface area contributed by atoms with Crippen molar-refractivity contribution < 1.29 is 9.59 Å². The highest BCUT2D eigenvalue weighted by atomic mass is 16.1. The third-order valence-corrected chi connectivity index (χ3v) is 3.35. The molecule has 3 nitrogen and oxygen atoms in total. The first-order valence-corrected chi connectivity index (χ1v) is 8.00. The third-order valence-electron chi connectivity index (χ3n) is 3.35. The first-order valence-electron chi connectivity index (χ1n) is 8.00. The number of carbonyl (C=O) groups excluding carboxylic acids is 2. The average molecular weight is 269 g/mol. The number of hydrogen-bond donors (Lipinski definition) is 1. The Labute approximate surface area is 118 Å². The van der Waals surface area contributed by atoms with Crippen LogP contribution < -0.4 is 5.32 Å². The molecule has 112 valence electrons. The van der Waals surface area contributed by atoms with E-state index in [1.807, 2.05) is 0 Å². The van der Waals surface area contributed by atoms with E-state index in [-0.39, 0.29) is 0 Å². The summed E-state index contributed by atoms with van der Waals surface area (Å²) in [6, 6.07) is 0. The van der Waals surface area contributed by atoms with Gasteiger partial charge in [0.2, 0.25) is 0 Å². The minimum absolute atomic E-state index is 0.727. The van der Waals surface area contributed by atoms with Crippen LogP contribution in [0.15, 0.2) is 0 Å². The molecule has 0 saturated carbocycles. The maximum absolute atomic E-state index is 10.1. The number of unbranched alkanes of at least 4 members (excludes halogenated alkanes) is 10. The highest BCUT2D eigenvalue weighted by Crippen LogP contribution is 2.05. The lowest BCUT2D eigenvalue weighted by atomic mass is 10.1. The minimum Gasteiger partial charge on any atom is -0.317 e. The van der Waals surface area contributed by atoms with Gasteiger partial charge in [0.25, 0.3) is 0 Å². The van der Waals surface area contributed by atoms with Crippen LogP contribution in [0.25, 0.3) is 0 Å². The highest BCUT2D eigenvalue weighted by Gasteiger charge is 1.93. The number of carbonyl (C=O) groups is 2. The smallest absolute Gasteiger partial charge is 0.119 e. The van der Waals surface area contributed by atoms with E-state index in [1.165, 1.54) is 51.4 Å². The third kappa shape index (κ3) is 17.3. The number of nitrogens with one attached hydrogen (secondary N) is 1. The molecular formula is C16H31NO2. The molecule has 0 amide bonds. The van der Waals surface area contributed by atoms with Gasteiger partial charge < -0.3 is 14.9 Å². The minimum atomic E-state index is 0.727. The molecule has 0 atom stereocenters. The Balaban J connectivity index is 2.91. The largest absolute Gasteiger partial charge is 0.317 e. The maximum Gasteiger partial charge on any atom is 0.119 e. The molecule has 0 aliphatic carbocycles. The van der Waals surface area contributed by atoms with Gasteiger partial charge in [-0.2, -0.15) is 0 Å². The van der Waals surface area contributed by atoms with Crippen LogP contribution in [0.3, 0.4) is 0 Å². The summed E-state index contributed by atoms with van der Waals surface area (Å²) in [5.74, 6) is 0. The lowest BCUT2D eigenvalue weighted by Crippen LogP contribution is -2.16. The van der Waals surface area contributed by atoms with Gasteiger partial charge in [-0.25, -0.2) is 0 Å². The van der Waals surface area contributed by atoms with Crippen molar-refractivity contribution >= 4 is 12.6 Å². The van der Waals surface area contributed by atoms with Crippen molar-refractivity contribution in [2.45, 2.75) is 77.0 Å². The zero-order chi connectivity index (χ0) is 14.0. The second-order valence-corrected chi connectivity index (χ2v) is 5.20. The fourth-order valence-electron chi connectivity index (χ4n) is 2.14. The lowest BCUT2D eigenvalue weighted by Gasteiger charge is -2.04. The molecule has 1 N–H and O–H groups in total. The standard InChI is InChI=1S/C16H31NO2/c18-15-11-7-3-1-5-9-13-17-14-10-6-2-4-8-12-16-19/h15-17H,1-14H2. The molecule has 0 aliphatic rings. The van der Waals surface area contributed by atoms with Crippen molar-refractivity contribution in [3.63, 3.8) is 0 Å². The van der Waals surface area contributed by atoms with Crippen LogP contribution >= 0.6 is 0 Å². The van der Waals surface area contributed by atoms with Gasteiger partial charge in [0.1, 0.15) is 12.6 Å². The molecule has 0 aromatic heterocycles. The number of rotatable bonds is 16. The van der Waals surface area contributed by atoms with Crippen molar-refractivity contribution in [2.75, 3.05) is 13.1 Å². The predicted molar refractivity (Wildman–Crippen MR) is 80.4 cm³/mol. The maximum atomic E-state index is 10.1. The number of aldehydes is 2. The summed E-state index contributed by atoms with van der Waals surface area (Å²) in [5.41, 5.74) is 0. The molecule has 0 radical (unpaired) electrons. The molecule has 0 heterocycles. The molecule has 0 bridgehead atoms. The molecule has 0 spiro atoms. The van der Waals surface area contributed by atoms with Crippen LogP contribution in [-0.4, -0.2) is 25.7 Å². The van der Waals surface area contributed by atoms with E-state index in [0.29, 0.717) is 0 Å². The fourth-order valence-corrected chi connectivity index (χ4v) is 2.14. The summed E-state index contributed by atoms with van der Waals surface area (Å²) in [5, 5.41) is 3.48. The monoisotopic (exact) mass is 269 g/mol. The van der Waals surface area contributed by atoms with Gasteiger partial charge in [-0.3, -0.25) is 0 Å². The van der Waals surface area contributed by atoms with Crippen LogP contribution in [-0.2, 0) is 9.59 Å². The molecule has 0 aromatic rings. The summed E-state index contributed by atoms with van der Waals surface area (Å²) in [7, 11) is 0. The van der Waals surface area contributed by atoms with Crippen LogP contribution in [0.1, 0.15) is 77.0 Å². The Morgan fingerprint density at radius 2 is 0.895 bits per heavy atom. The molecule has 0 aromatic carbocycles. The molecule has 0 fully saturated rings. The molecular weight excluding hydrogens is 238 g/mol. The Kier molecular flexibility index (Phi) is 16.7. The summed E-state index contributed by atoms with van der Waals surface area (Å²) < 4.78 is 0. The average Bonchev–Trinajstić information content (AvgIpc) is 2.43. The van der Waals surface area contributed by atoms with Gasteiger partial charge in [0, 0.05) is 12.8 Å². The molecule has 19 heavy (non-hydrogen) atoms. The fraction of sp³-hybridized carbons (Fsp3) is 0.875.